The first kappa shape index (κ1) is 12.9. The molecule has 0 unspecified atom stereocenters. The van der Waals surface area contributed by atoms with Crippen LogP contribution in [-0.2, 0) is 6.54 Å². The summed E-state index contributed by atoms with van der Waals surface area (Å²) in [6, 6.07) is 4.98. The standard InChI is InChI=1S/C12H19FN2O/c1-9(2)15(5-6-16)8-10-3-4-11(14)7-12(10)13/h3-4,7,9,16H,5-6,8,14H2,1-2H3. The zero-order chi connectivity index (χ0) is 12.1. The maximum atomic E-state index is 13.5. The van der Waals surface area contributed by atoms with Crippen molar-refractivity contribution in [3.05, 3.63) is 29.6 Å². The van der Waals surface area contributed by atoms with Crippen LogP contribution in [0.1, 0.15) is 19.4 Å². The molecule has 3 nitrogen and oxygen atoms in total. The van der Waals surface area contributed by atoms with Gasteiger partial charge in [-0.1, -0.05) is 6.07 Å². The molecule has 0 radical (unpaired) electrons. The summed E-state index contributed by atoms with van der Waals surface area (Å²) in [5, 5.41) is 8.92. The van der Waals surface area contributed by atoms with E-state index >= 15 is 0 Å². The molecular formula is C12H19FN2O. The van der Waals surface area contributed by atoms with Gasteiger partial charge in [0.15, 0.2) is 0 Å². The highest BCUT2D eigenvalue weighted by Crippen LogP contribution is 2.15. The van der Waals surface area contributed by atoms with Crippen molar-refractivity contribution >= 4 is 5.69 Å². The van der Waals surface area contributed by atoms with Gasteiger partial charge < -0.3 is 10.8 Å². The first-order chi connectivity index (χ1) is 7.54. The quantitative estimate of drug-likeness (QED) is 0.750. The first-order valence-electron chi connectivity index (χ1n) is 5.43. The third-order valence-corrected chi connectivity index (χ3v) is 2.57. The summed E-state index contributed by atoms with van der Waals surface area (Å²) in [7, 11) is 0. The molecule has 0 atom stereocenters. The third-order valence-electron chi connectivity index (χ3n) is 2.57. The lowest BCUT2D eigenvalue weighted by Crippen LogP contribution is -2.33. The first-order valence-corrected chi connectivity index (χ1v) is 5.43. The molecule has 1 aromatic rings. The van der Waals surface area contributed by atoms with Gasteiger partial charge in [0.25, 0.3) is 0 Å². The van der Waals surface area contributed by atoms with Crippen LogP contribution in [0.5, 0.6) is 0 Å². The van der Waals surface area contributed by atoms with Crippen LogP contribution in [0.4, 0.5) is 10.1 Å². The molecule has 0 saturated heterocycles. The number of aliphatic hydroxyl groups is 1. The van der Waals surface area contributed by atoms with Gasteiger partial charge in [-0.25, -0.2) is 4.39 Å². The van der Waals surface area contributed by atoms with Gasteiger partial charge in [0.1, 0.15) is 5.82 Å². The molecule has 4 heteroatoms. The zero-order valence-electron chi connectivity index (χ0n) is 9.78. The molecule has 0 aromatic heterocycles. The number of hydrogen-bond acceptors (Lipinski definition) is 3. The lowest BCUT2D eigenvalue weighted by atomic mass is 10.1. The van der Waals surface area contributed by atoms with E-state index in [-0.39, 0.29) is 18.5 Å². The van der Waals surface area contributed by atoms with Crippen LogP contribution in [-0.4, -0.2) is 29.2 Å². The van der Waals surface area contributed by atoms with Crippen molar-refractivity contribution in [2.75, 3.05) is 18.9 Å². The van der Waals surface area contributed by atoms with Crippen LogP contribution in [0, 0.1) is 5.82 Å². The van der Waals surface area contributed by atoms with E-state index in [1.807, 2.05) is 18.7 Å². The van der Waals surface area contributed by atoms with Gasteiger partial charge in [-0.2, -0.15) is 0 Å². The Morgan fingerprint density at radius 2 is 2.12 bits per heavy atom. The summed E-state index contributed by atoms with van der Waals surface area (Å²) >= 11 is 0. The summed E-state index contributed by atoms with van der Waals surface area (Å²) in [6.45, 7) is 5.15. The molecule has 3 N–H and O–H groups in total. The lowest BCUT2D eigenvalue weighted by molar-refractivity contribution is 0.158. The van der Waals surface area contributed by atoms with E-state index in [4.69, 9.17) is 10.8 Å². The van der Waals surface area contributed by atoms with E-state index in [0.717, 1.165) is 0 Å². The van der Waals surface area contributed by atoms with E-state index in [1.165, 1.54) is 6.07 Å². The number of rotatable bonds is 5. The van der Waals surface area contributed by atoms with Crippen LogP contribution in [0.3, 0.4) is 0 Å². The molecule has 0 saturated carbocycles. The van der Waals surface area contributed by atoms with E-state index in [1.54, 1.807) is 12.1 Å². The van der Waals surface area contributed by atoms with Gasteiger partial charge in [0.2, 0.25) is 0 Å². The zero-order valence-corrected chi connectivity index (χ0v) is 9.78. The molecule has 0 spiro atoms. The van der Waals surface area contributed by atoms with Crippen LogP contribution >= 0.6 is 0 Å². The highest BCUT2D eigenvalue weighted by Gasteiger charge is 2.12. The molecular weight excluding hydrogens is 207 g/mol. The second-order valence-corrected chi connectivity index (χ2v) is 4.14. The molecule has 0 aliphatic heterocycles. The second kappa shape index (κ2) is 5.82. The second-order valence-electron chi connectivity index (χ2n) is 4.14. The molecule has 16 heavy (non-hydrogen) atoms. The van der Waals surface area contributed by atoms with Gasteiger partial charge >= 0.3 is 0 Å². The monoisotopic (exact) mass is 226 g/mol. The molecule has 90 valence electrons. The normalized spacial score (nSPS) is 11.4. The van der Waals surface area contributed by atoms with Crippen molar-refractivity contribution in [2.45, 2.75) is 26.4 Å². The number of hydrogen-bond donors (Lipinski definition) is 2. The number of benzene rings is 1. The van der Waals surface area contributed by atoms with E-state index in [2.05, 4.69) is 0 Å². The predicted octanol–water partition coefficient (Wildman–Crippen LogP) is 1.61. The van der Waals surface area contributed by atoms with Gasteiger partial charge in [0, 0.05) is 30.4 Å². The molecule has 1 rings (SSSR count). The van der Waals surface area contributed by atoms with Crippen molar-refractivity contribution in [2.24, 2.45) is 0 Å². The van der Waals surface area contributed by atoms with Crippen LogP contribution in [0.15, 0.2) is 18.2 Å². The Labute approximate surface area is 95.7 Å². The minimum atomic E-state index is -0.288. The molecule has 0 heterocycles. The number of nitrogen functional groups attached to an aromatic ring is 1. The van der Waals surface area contributed by atoms with E-state index < -0.39 is 0 Å². The van der Waals surface area contributed by atoms with E-state index in [9.17, 15) is 4.39 Å². The SMILES string of the molecule is CC(C)N(CCO)Cc1ccc(N)cc1F. The minimum absolute atomic E-state index is 0.0781. The molecule has 1 aromatic carbocycles. The molecule has 0 fully saturated rings. The summed E-state index contributed by atoms with van der Waals surface area (Å²) in [5.74, 6) is -0.288. The van der Waals surface area contributed by atoms with Gasteiger partial charge in [-0.05, 0) is 26.0 Å². The number of anilines is 1. The maximum absolute atomic E-state index is 13.5. The van der Waals surface area contributed by atoms with Crippen LogP contribution in [0.2, 0.25) is 0 Å². The Morgan fingerprint density at radius 1 is 1.44 bits per heavy atom. The Morgan fingerprint density at radius 3 is 2.62 bits per heavy atom. The van der Waals surface area contributed by atoms with E-state index in [0.29, 0.717) is 24.3 Å². The summed E-state index contributed by atoms with van der Waals surface area (Å²) in [6.07, 6.45) is 0. The topological polar surface area (TPSA) is 49.5 Å². The third kappa shape index (κ3) is 3.47. The highest BCUT2D eigenvalue weighted by molar-refractivity contribution is 5.40. The number of nitrogens with two attached hydrogens (primary N) is 1. The largest absolute Gasteiger partial charge is 0.399 e. The van der Waals surface area contributed by atoms with Gasteiger partial charge in [-0.3, -0.25) is 4.90 Å². The van der Waals surface area contributed by atoms with Crippen molar-refractivity contribution < 1.29 is 9.50 Å². The Balaban J connectivity index is 2.77. The minimum Gasteiger partial charge on any atom is -0.399 e. The van der Waals surface area contributed by atoms with Crippen molar-refractivity contribution in [1.82, 2.24) is 4.90 Å². The maximum Gasteiger partial charge on any atom is 0.129 e. The number of halogens is 1. The van der Waals surface area contributed by atoms with Crippen LogP contribution in [0.25, 0.3) is 0 Å². The van der Waals surface area contributed by atoms with Gasteiger partial charge in [-0.15, -0.1) is 0 Å². The Bertz CT molecular complexity index is 342. The molecule has 0 amide bonds. The fourth-order valence-electron chi connectivity index (χ4n) is 1.56. The molecule has 0 aliphatic rings. The summed E-state index contributed by atoms with van der Waals surface area (Å²) in [5.41, 5.74) is 6.52. The van der Waals surface area contributed by atoms with Crippen molar-refractivity contribution in [3.63, 3.8) is 0 Å². The smallest absolute Gasteiger partial charge is 0.129 e. The van der Waals surface area contributed by atoms with Crippen LogP contribution < -0.4 is 5.73 Å². The van der Waals surface area contributed by atoms with Crippen molar-refractivity contribution in [3.8, 4) is 0 Å². The Hall–Kier alpha value is -1.13. The lowest BCUT2D eigenvalue weighted by Gasteiger charge is -2.25. The molecule has 0 aliphatic carbocycles. The summed E-state index contributed by atoms with van der Waals surface area (Å²) in [4.78, 5) is 2.01. The van der Waals surface area contributed by atoms with Gasteiger partial charge in [0.05, 0.1) is 6.61 Å². The number of nitrogens with zero attached hydrogens (tertiary/aromatic N) is 1. The fraction of sp³-hybridized carbons (Fsp3) is 0.500. The van der Waals surface area contributed by atoms with Crippen molar-refractivity contribution in [1.29, 1.82) is 0 Å². The summed E-state index contributed by atoms with van der Waals surface area (Å²) < 4.78 is 13.5. The fourth-order valence-corrected chi connectivity index (χ4v) is 1.56. The Kier molecular flexibility index (Phi) is 4.71. The average molecular weight is 226 g/mol. The highest BCUT2D eigenvalue weighted by atomic mass is 19.1. The predicted molar refractivity (Wildman–Crippen MR) is 63.4 cm³/mol. The number of aliphatic hydroxyl groups excluding tert-OH is 1. The average Bonchev–Trinajstić information content (AvgIpc) is 2.20. The molecule has 0 bridgehead atoms.